The van der Waals surface area contributed by atoms with Crippen LogP contribution < -0.4 is 11.4 Å². The van der Waals surface area contributed by atoms with Crippen molar-refractivity contribution >= 4 is 28.6 Å². The number of carbonyl (C=O) groups excluding carboxylic acids is 1. The molecule has 0 amide bonds. The SMILES string of the molecule is COC(=O)c1ccc2c(=O)n(N)c(SCc3ccncc3)nc2c1. The van der Waals surface area contributed by atoms with Gasteiger partial charge in [-0.1, -0.05) is 11.8 Å². The van der Waals surface area contributed by atoms with Crippen molar-refractivity contribution in [2.45, 2.75) is 10.9 Å². The number of nitrogens with zero attached hydrogens (tertiary/aromatic N) is 3. The Morgan fingerprint density at radius 2 is 2.04 bits per heavy atom. The van der Waals surface area contributed by atoms with Crippen molar-refractivity contribution in [2.24, 2.45) is 0 Å². The maximum absolute atomic E-state index is 12.4. The van der Waals surface area contributed by atoms with Gasteiger partial charge in [-0.2, -0.15) is 0 Å². The predicted octanol–water partition coefficient (Wildman–Crippen LogP) is 1.58. The third-order valence-electron chi connectivity index (χ3n) is 3.41. The number of fused-ring (bicyclic) bond motifs is 1. The minimum atomic E-state index is -0.485. The lowest BCUT2D eigenvalue weighted by atomic mass is 10.1. The minimum Gasteiger partial charge on any atom is -0.465 e. The molecule has 3 rings (SSSR count). The number of rotatable bonds is 4. The summed E-state index contributed by atoms with van der Waals surface area (Å²) in [5.74, 6) is 5.96. The quantitative estimate of drug-likeness (QED) is 0.332. The van der Waals surface area contributed by atoms with Gasteiger partial charge in [0.1, 0.15) is 0 Å². The average Bonchev–Trinajstić information content (AvgIpc) is 2.63. The van der Waals surface area contributed by atoms with E-state index in [1.54, 1.807) is 12.4 Å². The van der Waals surface area contributed by atoms with Gasteiger partial charge < -0.3 is 10.6 Å². The van der Waals surface area contributed by atoms with Crippen molar-refractivity contribution in [1.82, 2.24) is 14.6 Å². The zero-order chi connectivity index (χ0) is 17.1. The number of esters is 1. The van der Waals surface area contributed by atoms with E-state index in [4.69, 9.17) is 5.84 Å². The van der Waals surface area contributed by atoms with Crippen LogP contribution in [0.1, 0.15) is 15.9 Å². The summed E-state index contributed by atoms with van der Waals surface area (Å²) in [7, 11) is 1.30. The number of hydrogen-bond acceptors (Lipinski definition) is 7. The molecular formula is C16H14N4O3S. The second-order valence-corrected chi connectivity index (χ2v) is 5.88. The molecule has 2 aromatic heterocycles. The minimum absolute atomic E-state index is 0.330. The highest BCUT2D eigenvalue weighted by Gasteiger charge is 2.13. The van der Waals surface area contributed by atoms with Crippen LogP contribution in [0, 0.1) is 0 Å². The summed E-state index contributed by atoms with van der Waals surface area (Å²) in [6.07, 6.45) is 3.39. The van der Waals surface area contributed by atoms with Gasteiger partial charge >= 0.3 is 5.97 Å². The molecule has 24 heavy (non-hydrogen) atoms. The van der Waals surface area contributed by atoms with E-state index in [1.165, 1.54) is 37.1 Å². The molecule has 0 fully saturated rings. The number of benzene rings is 1. The predicted molar refractivity (Wildman–Crippen MR) is 91.3 cm³/mol. The Morgan fingerprint density at radius 3 is 2.75 bits per heavy atom. The third-order valence-corrected chi connectivity index (χ3v) is 4.43. The lowest BCUT2D eigenvalue weighted by Gasteiger charge is -2.09. The number of hydrogen-bond donors (Lipinski definition) is 1. The number of aromatic nitrogens is 3. The van der Waals surface area contributed by atoms with Crippen LogP contribution in [-0.4, -0.2) is 27.7 Å². The molecule has 122 valence electrons. The van der Waals surface area contributed by atoms with Crippen molar-refractivity contribution in [3.8, 4) is 0 Å². The van der Waals surface area contributed by atoms with Crippen LogP contribution in [0.4, 0.5) is 0 Å². The number of methoxy groups -OCH3 is 1. The van der Waals surface area contributed by atoms with Crippen LogP contribution in [0.3, 0.4) is 0 Å². The molecule has 0 aliphatic rings. The van der Waals surface area contributed by atoms with E-state index in [-0.39, 0.29) is 5.56 Å². The highest BCUT2D eigenvalue weighted by Crippen LogP contribution is 2.21. The zero-order valence-electron chi connectivity index (χ0n) is 12.8. The standard InChI is InChI=1S/C16H14N4O3S/c1-23-15(22)11-2-3-12-13(8-11)19-16(20(17)14(12)21)24-9-10-4-6-18-7-5-10/h2-8H,9,17H2,1H3. The first-order valence-electron chi connectivity index (χ1n) is 7.02. The Bertz CT molecular complexity index is 957. The number of nitrogen functional groups attached to an aromatic ring is 1. The Morgan fingerprint density at radius 1 is 1.29 bits per heavy atom. The van der Waals surface area contributed by atoms with E-state index < -0.39 is 5.97 Å². The monoisotopic (exact) mass is 342 g/mol. The summed E-state index contributed by atoms with van der Waals surface area (Å²) in [4.78, 5) is 32.4. The van der Waals surface area contributed by atoms with Crippen LogP contribution in [0.5, 0.6) is 0 Å². The van der Waals surface area contributed by atoms with Crippen LogP contribution in [0.2, 0.25) is 0 Å². The van der Waals surface area contributed by atoms with Crippen molar-refractivity contribution < 1.29 is 9.53 Å². The number of nitrogens with two attached hydrogens (primary N) is 1. The average molecular weight is 342 g/mol. The van der Waals surface area contributed by atoms with E-state index in [9.17, 15) is 9.59 Å². The van der Waals surface area contributed by atoms with Gasteiger partial charge in [-0.3, -0.25) is 9.78 Å². The first-order valence-corrected chi connectivity index (χ1v) is 8.00. The van der Waals surface area contributed by atoms with Crippen molar-refractivity contribution in [2.75, 3.05) is 13.0 Å². The molecule has 0 radical (unpaired) electrons. The fraction of sp³-hybridized carbons (Fsp3) is 0.125. The van der Waals surface area contributed by atoms with E-state index in [0.717, 1.165) is 10.2 Å². The molecule has 1 aromatic carbocycles. The van der Waals surface area contributed by atoms with Gasteiger partial charge in [0.05, 0.1) is 23.6 Å². The molecule has 8 heteroatoms. The lowest BCUT2D eigenvalue weighted by molar-refractivity contribution is 0.0601. The maximum Gasteiger partial charge on any atom is 0.337 e. The molecule has 0 saturated carbocycles. The molecule has 0 bridgehead atoms. The smallest absolute Gasteiger partial charge is 0.337 e. The summed E-state index contributed by atoms with van der Waals surface area (Å²) in [5.41, 5.74) is 1.40. The van der Waals surface area contributed by atoms with E-state index in [2.05, 4.69) is 14.7 Å². The van der Waals surface area contributed by atoms with Crippen LogP contribution in [0.25, 0.3) is 10.9 Å². The van der Waals surface area contributed by atoms with Crippen molar-refractivity contribution in [1.29, 1.82) is 0 Å². The lowest BCUT2D eigenvalue weighted by Crippen LogP contribution is -2.29. The van der Waals surface area contributed by atoms with Crippen LogP contribution in [-0.2, 0) is 10.5 Å². The van der Waals surface area contributed by atoms with Gasteiger partial charge in [0.15, 0.2) is 5.16 Å². The van der Waals surface area contributed by atoms with E-state index >= 15 is 0 Å². The molecule has 0 saturated heterocycles. The van der Waals surface area contributed by atoms with Gasteiger partial charge in [-0.25, -0.2) is 14.5 Å². The van der Waals surface area contributed by atoms with Crippen LogP contribution >= 0.6 is 11.8 Å². The Labute approximate surface area is 141 Å². The molecule has 0 aliphatic heterocycles. The fourth-order valence-electron chi connectivity index (χ4n) is 2.15. The Balaban J connectivity index is 1.99. The van der Waals surface area contributed by atoms with Crippen molar-refractivity contribution in [3.63, 3.8) is 0 Å². The van der Waals surface area contributed by atoms with Gasteiger partial charge in [0.25, 0.3) is 5.56 Å². The third kappa shape index (κ3) is 3.09. The van der Waals surface area contributed by atoms with Crippen molar-refractivity contribution in [3.05, 3.63) is 64.2 Å². The second kappa shape index (κ2) is 6.71. The summed E-state index contributed by atoms with van der Waals surface area (Å²) in [5, 5.41) is 0.713. The molecule has 0 spiro atoms. The molecule has 0 atom stereocenters. The first-order chi connectivity index (χ1) is 11.6. The molecule has 0 aliphatic carbocycles. The second-order valence-electron chi connectivity index (χ2n) is 4.94. The Kier molecular flexibility index (Phi) is 4.48. The van der Waals surface area contributed by atoms with Crippen LogP contribution in [0.15, 0.2) is 52.7 Å². The maximum atomic E-state index is 12.4. The van der Waals surface area contributed by atoms with Gasteiger partial charge in [0.2, 0.25) is 0 Å². The van der Waals surface area contributed by atoms with E-state index in [0.29, 0.717) is 27.4 Å². The number of ether oxygens (including phenoxy) is 1. The van der Waals surface area contributed by atoms with Gasteiger partial charge in [-0.15, -0.1) is 0 Å². The molecule has 0 unspecified atom stereocenters. The summed E-state index contributed by atoms with van der Waals surface area (Å²) in [6.45, 7) is 0. The number of pyridine rings is 1. The fourth-order valence-corrected chi connectivity index (χ4v) is 3.03. The highest BCUT2D eigenvalue weighted by molar-refractivity contribution is 7.98. The number of carbonyl (C=O) groups is 1. The first kappa shape index (κ1) is 16.0. The molecule has 7 nitrogen and oxygen atoms in total. The molecule has 3 aromatic rings. The zero-order valence-corrected chi connectivity index (χ0v) is 13.6. The Hall–Kier alpha value is -2.87. The largest absolute Gasteiger partial charge is 0.465 e. The topological polar surface area (TPSA) is 100 Å². The summed E-state index contributed by atoms with van der Waals surface area (Å²) < 4.78 is 5.71. The highest BCUT2D eigenvalue weighted by atomic mass is 32.2. The molecule has 2 heterocycles. The number of thioether (sulfide) groups is 1. The molecule has 2 N–H and O–H groups in total. The normalized spacial score (nSPS) is 10.7. The van der Waals surface area contributed by atoms with Gasteiger partial charge in [-0.05, 0) is 35.9 Å². The summed E-state index contributed by atoms with van der Waals surface area (Å²) >= 11 is 1.33. The van der Waals surface area contributed by atoms with E-state index in [1.807, 2.05) is 12.1 Å². The van der Waals surface area contributed by atoms with Gasteiger partial charge in [0, 0.05) is 18.1 Å². The molecular weight excluding hydrogens is 328 g/mol. The summed E-state index contributed by atoms with van der Waals surface area (Å²) in [6, 6.07) is 8.32.